The van der Waals surface area contributed by atoms with Crippen molar-refractivity contribution >= 4 is 5.91 Å². The van der Waals surface area contributed by atoms with E-state index in [-0.39, 0.29) is 12.5 Å². The molecule has 1 heterocycles. The molecule has 1 aromatic heterocycles. The number of rotatable bonds is 6. The molecule has 0 saturated heterocycles. The maximum Gasteiger partial charge on any atom is 0.269 e. The number of aliphatic hydroxyl groups is 1. The molecule has 0 radical (unpaired) electrons. The second-order valence-corrected chi connectivity index (χ2v) is 5.73. The van der Waals surface area contributed by atoms with Gasteiger partial charge in [0.1, 0.15) is 5.69 Å². The molecule has 0 spiro atoms. The number of carbonyl (C=O) groups is 1. The van der Waals surface area contributed by atoms with Gasteiger partial charge in [-0.15, -0.1) is 0 Å². The minimum atomic E-state index is -0.498. The summed E-state index contributed by atoms with van der Waals surface area (Å²) in [4.78, 5) is 12.0. The molecule has 1 unspecified atom stereocenters. The van der Waals surface area contributed by atoms with E-state index in [1.54, 1.807) is 17.8 Å². The van der Waals surface area contributed by atoms with E-state index >= 15 is 0 Å². The number of hydrogen-bond acceptors (Lipinski definition) is 3. The molecule has 0 saturated carbocycles. The molecule has 19 heavy (non-hydrogen) atoms. The summed E-state index contributed by atoms with van der Waals surface area (Å²) < 4.78 is 1.58. The van der Waals surface area contributed by atoms with Crippen LogP contribution in [0.4, 0.5) is 0 Å². The van der Waals surface area contributed by atoms with Gasteiger partial charge in [0, 0.05) is 13.6 Å². The molecule has 0 aliphatic rings. The Labute approximate surface area is 115 Å². The summed E-state index contributed by atoms with van der Waals surface area (Å²) in [6.45, 7) is 8.44. The quantitative estimate of drug-likeness (QED) is 0.824. The average molecular weight is 267 g/mol. The Bertz CT molecular complexity index is 424. The maximum absolute atomic E-state index is 12.0. The first-order valence-corrected chi connectivity index (χ1v) is 6.81. The third-order valence-corrected chi connectivity index (χ3v) is 2.96. The van der Waals surface area contributed by atoms with Crippen LogP contribution in [0.1, 0.15) is 56.2 Å². The second kappa shape index (κ2) is 6.70. The summed E-state index contributed by atoms with van der Waals surface area (Å²) in [5.74, 6) is 0.514. The van der Waals surface area contributed by atoms with E-state index < -0.39 is 6.10 Å². The number of hydrogen-bond donors (Lipinski definition) is 2. The van der Waals surface area contributed by atoms with Gasteiger partial charge in [-0.3, -0.25) is 9.48 Å². The van der Waals surface area contributed by atoms with Crippen molar-refractivity contribution in [1.29, 1.82) is 0 Å². The normalized spacial score (nSPS) is 13.1. The first kappa shape index (κ1) is 15.7. The Kier molecular flexibility index (Phi) is 5.54. The molecule has 1 amide bonds. The van der Waals surface area contributed by atoms with Gasteiger partial charge in [0.25, 0.3) is 5.91 Å². The zero-order valence-corrected chi connectivity index (χ0v) is 12.5. The van der Waals surface area contributed by atoms with Crippen molar-refractivity contribution in [2.45, 2.75) is 46.1 Å². The number of aliphatic hydroxyl groups excluding tert-OH is 1. The number of aryl methyl sites for hydroxylation is 1. The highest BCUT2D eigenvalue weighted by Gasteiger charge is 2.16. The summed E-state index contributed by atoms with van der Waals surface area (Å²) in [6.07, 6.45) is 0.185. The molecule has 2 N–H and O–H groups in total. The van der Waals surface area contributed by atoms with E-state index in [4.69, 9.17) is 0 Å². The number of aromatic nitrogens is 2. The van der Waals surface area contributed by atoms with E-state index in [1.807, 2.05) is 27.7 Å². The molecule has 108 valence electrons. The highest BCUT2D eigenvalue weighted by molar-refractivity contribution is 5.92. The van der Waals surface area contributed by atoms with Gasteiger partial charge >= 0.3 is 0 Å². The standard InChI is InChI=1S/C14H25N3O2/c1-9(2)6-11(18)8-15-14(19)13-7-12(10(3)4)16-17(13)5/h7,9-11,18H,6,8H2,1-5H3,(H,15,19). The molecular weight excluding hydrogens is 242 g/mol. The second-order valence-electron chi connectivity index (χ2n) is 5.73. The van der Waals surface area contributed by atoms with Crippen LogP contribution in [0.3, 0.4) is 0 Å². The van der Waals surface area contributed by atoms with Crippen molar-refractivity contribution in [3.8, 4) is 0 Å². The Morgan fingerprint density at radius 1 is 1.42 bits per heavy atom. The molecule has 0 aliphatic heterocycles. The molecule has 0 aromatic carbocycles. The summed E-state index contributed by atoms with van der Waals surface area (Å²) in [5.41, 5.74) is 1.43. The van der Waals surface area contributed by atoms with Crippen LogP contribution in [0.2, 0.25) is 0 Å². The first-order chi connectivity index (χ1) is 8.81. The maximum atomic E-state index is 12.0. The van der Waals surface area contributed by atoms with Crippen molar-refractivity contribution in [1.82, 2.24) is 15.1 Å². The average Bonchev–Trinajstić information content (AvgIpc) is 2.67. The summed E-state index contributed by atoms with van der Waals surface area (Å²) in [6, 6.07) is 1.80. The van der Waals surface area contributed by atoms with Crippen LogP contribution in [0, 0.1) is 5.92 Å². The minimum Gasteiger partial charge on any atom is -0.391 e. The summed E-state index contributed by atoms with van der Waals surface area (Å²) in [5, 5.41) is 16.8. The minimum absolute atomic E-state index is 0.190. The van der Waals surface area contributed by atoms with Crippen LogP contribution in [-0.4, -0.2) is 33.4 Å². The van der Waals surface area contributed by atoms with E-state index in [0.29, 0.717) is 24.0 Å². The lowest BCUT2D eigenvalue weighted by Gasteiger charge is -2.13. The van der Waals surface area contributed by atoms with Crippen LogP contribution >= 0.6 is 0 Å². The predicted molar refractivity (Wildman–Crippen MR) is 75.1 cm³/mol. The largest absolute Gasteiger partial charge is 0.391 e. The van der Waals surface area contributed by atoms with Gasteiger partial charge in [0.2, 0.25) is 0 Å². The molecule has 0 fully saturated rings. The van der Waals surface area contributed by atoms with Crippen molar-refractivity contribution in [2.75, 3.05) is 6.54 Å². The van der Waals surface area contributed by atoms with Gasteiger partial charge in [0.15, 0.2) is 0 Å². The molecule has 0 bridgehead atoms. The van der Waals surface area contributed by atoms with E-state index in [9.17, 15) is 9.90 Å². The molecule has 0 aliphatic carbocycles. The topological polar surface area (TPSA) is 67.2 Å². The van der Waals surface area contributed by atoms with Crippen LogP contribution in [0.15, 0.2) is 6.07 Å². The van der Waals surface area contributed by atoms with Gasteiger partial charge in [-0.05, 0) is 24.3 Å². The van der Waals surface area contributed by atoms with Gasteiger partial charge in [-0.2, -0.15) is 5.10 Å². The fourth-order valence-corrected chi connectivity index (χ4v) is 1.91. The monoisotopic (exact) mass is 267 g/mol. The van der Waals surface area contributed by atoms with Crippen LogP contribution in [0.5, 0.6) is 0 Å². The summed E-state index contributed by atoms with van der Waals surface area (Å²) >= 11 is 0. The third kappa shape index (κ3) is 4.67. The predicted octanol–water partition coefficient (Wildman–Crippen LogP) is 1.68. The van der Waals surface area contributed by atoms with E-state index in [2.05, 4.69) is 10.4 Å². The molecular formula is C14H25N3O2. The van der Waals surface area contributed by atoms with E-state index in [1.165, 1.54) is 0 Å². The Morgan fingerprint density at radius 3 is 2.53 bits per heavy atom. The molecule has 1 atom stereocenters. The highest BCUT2D eigenvalue weighted by atomic mass is 16.3. The molecule has 5 nitrogen and oxygen atoms in total. The number of carbonyl (C=O) groups excluding carboxylic acids is 1. The van der Waals surface area contributed by atoms with Crippen LogP contribution in [0.25, 0.3) is 0 Å². The van der Waals surface area contributed by atoms with Crippen molar-refractivity contribution in [3.63, 3.8) is 0 Å². The lowest BCUT2D eigenvalue weighted by Crippen LogP contribution is -2.33. The zero-order valence-electron chi connectivity index (χ0n) is 12.5. The smallest absolute Gasteiger partial charge is 0.269 e. The van der Waals surface area contributed by atoms with Gasteiger partial charge in [-0.1, -0.05) is 27.7 Å². The van der Waals surface area contributed by atoms with E-state index in [0.717, 1.165) is 5.69 Å². The van der Waals surface area contributed by atoms with Gasteiger partial charge < -0.3 is 10.4 Å². The fraction of sp³-hybridized carbons (Fsp3) is 0.714. The van der Waals surface area contributed by atoms with Crippen molar-refractivity contribution in [3.05, 3.63) is 17.5 Å². The molecule has 1 aromatic rings. The van der Waals surface area contributed by atoms with Crippen molar-refractivity contribution < 1.29 is 9.90 Å². The highest BCUT2D eigenvalue weighted by Crippen LogP contribution is 2.13. The molecule has 5 heteroatoms. The van der Waals surface area contributed by atoms with Gasteiger partial charge in [0.05, 0.1) is 11.8 Å². The number of amides is 1. The third-order valence-electron chi connectivity index (χ3n) is 2.96. The Balaban J connectivity index is 2.58. The lowest BCUT2D eigenvalue weighted by molar-refractivity contribution is 0.0891. The van der Waals surface area contributed by atoms with Crippen molar-refractivity contribution in [2.24, 2.45) is 13.0 Å². The van der Waals surface area contributed by atoms with Crippen LogP contribution in [-0.2, 0) is 7.05 Å². The summed E-state index contributed by atoms with van der Waals surface area (Å²) in [7, 11) is 1.76. The molecule has 1 rings (SSSR count). The Hall–Kier alpha value is -1.36. The Morgan fingerprint density at radius 2 is 2.05 bits per heavy atom. The lowest BCUT2D eigenvalue weighted by atomic mass is 10.1. The van der Waals surface area contributed by atoms with Crippen LogP contribution < -0.4 is 5.32 Å². The fourth-order valence-electron chi connectivity index (χ4n) is 1.91. The number of nitrogens with one attached hydrogen (secondary N) is 1. The SMILES string of the molecule is CC(C)CC(O)CNC(=O)c1cc(C(C)C)nn1C. The number of nitrogens with zero attached hydrogens (tertiary/aromatic N) is 2. The van der Waals surface area contributed by atoms with Gasteiger partial charge in [-0.25, -0.2) is 0 Å². The zero-order chi connectivity index (χ0) is 14.6. The first-order valence-electron chi connectivity index (χ1n) is 6.81.